The SMILES string of the molecule is CN(C)C(=O)c1cccc(-c2cnc3n2N=C(OCc2ccccc2)C3)c1. The number of carbonyl (C=O) groups excluding carboxylic acids is 1. The molecule has 0 spiro atoms. The van der Waals surface area contributed by atoms with Gasteiger partial charge in [0.2, 0.25) is 5.90 Å². The molecule has 2 aromatic carbocycles. The summed E-state index contributed by atoms with van der Waals surface area (Å²) in [5.41, 5.74) is 3.47. The van der Waals surface area contributed by atoms with Crippen LogP contribution in [0.5, 0.6) is 0 Å². The molecule has 0 N–H and O–H groups in total. The molecule has 3 aromatic rings. The lowest BCUT2D eigenvalue weighted by molar-refractivity contribution is 0.0827. The maximum Gasteiger partial charge on any atom is 0.253 e. The van der Waals surface area contributed by atoms with Crippen LogP contribution in [0, 0.1) is 0 Å². The number of amides is 1. The van der Waals surface area contributed by atoms with Gasteiger partial charge in [-0.1, -0.05) is 42.5 Å². The summed E-state index contributed by atoms with van der Waals surface area (Å²) < 4.78 is 7.63. The van der Waals surface area contributed by atoms with E-state index >= 15 is 0 Å². The lowest BCUT2D eigenvalue weighted by atomic mass is 10.1. The molecule has 1 aliphatic heterocycles. The maximum atomic E-state index is 12.2. The molecule has 6 heteroatoms. The van der Waals surface area contributed by atoms with Crippen molar-refractivity contribution in [3.05, 3.63) is 77.7 Å². The summed E-state index contributed by atoms with van der Waals surface area (Å²) in [6.45, 7) is 0.479. The lowest BCUT2D eigenvalue weighted by Crippen LogP contribution is -2.21. The Morgan fingerprint density at radius 3 is 2.74 bits per heavy atom. The predicted molar refractivity (Wildman–Crippen MR) is 103 cm³/mol. The zero-order valence-corrected chi connectivity index (χ0v) is 15.3. The van der Waals surface area contributed by atoms with Gasteiger partial charge >= 0.3 is 0 Å². The van der Waals surface area contributed by atoms with Crippen molar-refractivity contribution in [2.75, 3.05) is 14.1 Å². The first-order valence-corrected chi connectivity index (χ1v) is 8.75. The third kappa shape index (κ3) is 3.46. The summed E-state index contributed by atoms with van der Waals surface area (Å²) in [6.07, 6.45) is 2.34. The Bertz CT molecular complexity index is 1010. The Hall–Kier alpha value is -3.41. The van der Waals surface area contributed by atoms with Crippen LogP contribution >= 0.6 is 0 Å². The third-order valence-electron chi connectivity index (χ3n) is 4.39. The van der Waals surface area contributed by atoms with Crippen molar-refractivity contribution in [3.63, 3.8) is 0 Å². The summed E-state index contributed by atoms with van der Waals surface area (Å²) in [5.74, 6) is 1.44. The number of ether oxygens (including phenoxy) is 1. The van der Waals surface area contributed by atoms with E-state index in [9.17, 15) is 4.79 Å². The minimum Gasteiger partial charge on any atom is -0.475 e. The summed E-state index contributed by atoms with van der Waals surface area (Å²) in [7, 11) is 3.48. The summed E-state index contributed by atoms with van der Waals surface area (Å²) >= 11 is 0. The molecule has 0 saturated heterocycles. The van der Waals surface area contributed by atoms with Crippen LogP contribution in [0.4, 0.5) is 0 Å². The molecule has 1 aliphatic rings. The summed E-state index contributed by atoms with van der Waals surface area (Å²) in [6, 6.07) is 17.5. The Labute approximate surface area is 157 Å². The highest BCUT2D eigenvalue weighted by Gasteiger charge is 2.22. The Kier molecular flexibility index (Phi) is 4.46. The molecule has 0 unspecified atom stereocenters. The van der Waals surface area contributed by atoms with Crippen LogP contribution in [0.1, 0.15) is 21.7 Å². The van der Waals surface area contributed by atoms with Crippen molar-refractivity contribution < 1.29 is 9.53 Å². The van der Waals surface area contributed by atoms with Gasteiger partial charge in [-0.3, -0.25) is 4.79 Å². The molecule has 1 aromatic heterocycles. The topological polar surface area (TPSA) is 59.7 Å². The maximum absolute atomic E-state index is 12.2. The molecule has 6 nitrogen and oxygen atoms in total. The number of carbonyl (C=O) groups is 1. The number of imidazole rings is 1. The second-order valence-electron chi connectivity index (χ2n) is 6.60. The van der Waals surface area contributed by atoms with Gasteiger partial charge in [0.1, 0.15) is 12.4 Å². The quantitative estimate of drug-likeness (QED) is 0.718. The molecule has 0 bridgehead atoms. The Morgan fingerprint density at radius 2 is 1.96 bits per heavy atom. The van der Waals surface area contributed by atoms with Gasteiger partial charge in [0, 0.05) is 25.2 Å². The average Bonchev–Trinajstić information content (AvgIpc) is 3.27. The van der Waals surface area contributed by atoms with Crippen LogP contribution in [0.2, 0.25) is 0 Å². The number of hydrogen-bond acceptors (Lipinski definition) is 4. The van der Waals surface area contributed by atoms with Gasteiger partial charge in [0.05, 0.1) is 18.3 Å². The van der Waals surface area contributed by atoms with E-state index in [-0.39, 0.29) is 5.91 Å². The van der Waals surface area contributed by atoms with Crippen LogP contribution in [0.25, 0.3) is 11.3 Å². The van der Waals surface area contributed by atoms with Crippen LogP contribution < -0.4 is 0 Å². The predicted octanol–water partition coefficient (Wildman–Crippen LogP) is 3.19. The minimum absolute atomic E-state index is 0.0339. The first-order valence-electron chi connectivity index (χ1n) is 8.75. The van der Waals surface area contributed by atoms with Gasteiger partial charge in [-0.05, 0) is 17.7 Å². The van der Waals surface area contributed by atoms with Gasteiger partial charge in [0.25, 0.3) is 5.91 Å². The van der Waals surface area contributed by atoms with Gasteiger partial charge in [-0.15, -0.1) is 5.10 Å². The van der Waals surface area contributed by atoms with E-state index in [1.54, 1.807) is 29.9 Å². The number of aromatic nitrogens is 2. The summed E-state index contributed by atoms with van der Waals surface area (Å²) in [5, 5.41) is 4.57. The smallest absolute Gasteiger partial charge is 0.253 e. The lowest BCUT2D eigenvalue weighted by Gasteiger charge is -2.11. The highest BCUT2D eigenvalue weighted by atomic mass is 16.5. The van der Waals surface area contributed by atoms with Crippen LogP contribution in [0.3, 0.4) is 0 Å². The van der Waals surface area contributed by atoms with Crippen molar-refractivity contribution in [3.8, 4) is 11.3 Å². The van der Waals surface area contributed by atoms with Gasteiger partial charge in [0.15, 0.2) is 0 Å². The number of rotatable bonds is 4. The summed E-state index contributed by atoms with van der Waals surface area (Å²) in [4.78, 5) is 18.3. The molecule has 0 saturated carbocycles. The molecule has 136 valence electrons. The monoisotopic (exact) mass is 360 g/mol. The third-order valence-corrected chi connectivity index (χ3v) is 4.39. The van der Waals surface area contributed by atoms with Gasteiger partial charge in [-0.2, -0.15) is 0 Å². The minimum atomic E-state index is -0.0339. The standard InChI is InChI=1S/C21H20N4O2/c1-24(2)21(26)17-10-6-9-16(11-17)18-13-22-19-12-20(23-25(18)19)27-14-15-7-4-3-5-8-15/h3-11,13H,12,14H2,1-2H3. The fourth-order valence-corrected chi connectivity index (χ4v) is 2.99. The average molecular weight is 360 g/mol. The highest BCUT2D eigenvalue weighted by Crippen LogP contribution is 2.25. The number of benzene rings is 2. The number of fused-ring (bicyclic) bond motifs is 1. The molecule has 0 aliphatic carbocycles. The van der Waals surface area contributed by atoms with Gasteiger partial charge < -0.3 is 9.64 Å². The molecule has 0 radical (unpaired) electrons. The van der Waals surface area contributed by atoms with Crippen molar-refractivity contribution in [2.45, 2.75) is 13.0 Å². The molecule has 2 heterocycles. The fraction of sp³-hybridized carbons (Fsp3) is 0.190. The Balaban J connectivity index is 1.56. The van der Waals surface area contributed by atoms with Crippen molar-refractivity contribution in [1.29, 1.82) is 0 Å². The normalized spacial score (nSPS) is 12.4. The largest absolute Gasteiger partial charge is 0.475 e. The van der Waals surface area contributed by atoms with E-state index in [0.29, 0.717) is 24.5 Å². The molecule has 27 heavy (non-hydrogen) atoms. The first-order chi connectivity index (χ1) is 13.1. The molecule has 0 fully saturated rings. The zero-order valence-electron chi connectivity index (χ0n) is 15.3. The highest BCUT2D eigenvalue weighted by molar-refractivity contribution is 5.95. The van der Waals surface area contributed by atoms with E-state index in [4.69, 9.17) is 4.74 Å². The number of hydrogen-bond donors (Lipinski definition) is 0. The van der Waals surface area contributed by atoms with Crippen LogP contribution in [-0.2, 0) is 17.8 Å². The Morgan fingerprint density at radius 1 is 1.15 bits per heavy atom. The van der Waals surface area contributed by atoms with Crippen molar-refractivity contribution in [1.82, 2.24) is 14.6 Å². The van der Waals surface area contributed by atoms with E-state index in [1.807, 2.05) is 54.6 Å². The van der Waals surface area contributed by atoms with Crippen molar-refractivity contribution in [2.24, 2.45) is 5.10 Å². The second kappa shape index (κ2) is 7.07. The molecule has 0 atom stereocenters. The van der Waals surface area contributed by atoms with E-state index in [0.717, 1.165) is 22.6 Å². The van der Waals surface area contributed by atoms with Gasteiger partial charge in [-0.25, -0.2) is 9.66 Å². The first kappa shape index (κ1) is 17.0. The molecular formula is C21H20N4O2. The van der Waals surface area contributed by atoms with Crippen LogP contribution in [-0.4, -0.2) is 40.5 Å². The van der Waals surface area contributed by atoms with E-state index in [2.05, 4.69) is 10.1 Å². The fourth-order valence-electron chi connectivity index (χ4n) is 2.99. The molecule has 4 rings (SSSR count). The zero-order chi connectivity index (χ0) is 18.8. The second-order valence-corrected chi connectivity index (χ2v) is 6.60. The van der Waals surface area contributed by atoms with Crippen molar-refractivity contribution >= 4 is 11.8 Å². The van der Waals surface area contributed by atoms with E-state index < -0.39 is 0 Å². The number of nitrogens with zero attached hydrogens (tertiary/aromatic N) is 4. The molecular weight excluding hydrogens is 340 g/mol. The van der Waals surface area contributed by atoms with Crippen LogP contribution in [0.15, 0.2) is 65.9 Å². The molecule has 1 amide bonds. The van der Waals surface area contributed by atoms with E-state index in [1.165, 1.54) is 0 Å².